The maximum Gasteiger partial charge on any atom is 0.0955 e. The Morgan fingerprint density at radius 1 is 1.38 bits per heavy atom. The summed E-state index contributed by atoms with van der Waals surface area (Å²) in [6.07, 6.45) is 2.90. The number of nitrogens with zero attached hydrogens (tertiary/aromatic N) is 2. The summed E-state index contributed by atoms with van der Waals surface area (Å²) in [5, 5.41) is 0. The smallest absolute Gasteiger partial charge is 0.0955 e. The number of imidazole rings is 1. The highest BCUT2D eigenvalue weighted by atomic mass is 15.0. The van der Waals surface area contributed by atoms with Crippen LogP contribution in [0.1, 0.15) is 25.8 Å². The van der Waals surface area contributed by atoms with Crippen LogP contribution in [0.5, 0.6) is 0 Å². The van der Waals surface area contributed by atoms with Crippen molar-refractivity contribution >= 4 is 11.0 Å². The van der Waals surface area contributed by atoms with E-state index in [2.05, 4.69) is 37.0 Å². The molecule has 0 aliphatic heterocycles. The van der Waals surface area contributed by atoms with Crippen molar-refractivity contribution in [2.24, 2.45) is 18.2 Å². The minimum absolute atomic E-state index is 0.154. The van der Waals surface area contributed by atoms with E-state index in [1.807, 2.05) is 17.9 Å². The fourth-order valence-corrected chi connectivity index (χ4v) is 2.56. The third-order valence-corrected chi connectivity index (χ3v) is 4.04. The Labute approximate surface area is 95.3 Å². The zero-order valence-corrected chi connectivity index (χ0v) is 9.99. The topological polar surface area (TPSA) is 43.8 Å². The molecule has 1 unspecified atom stereocenters. The van der Waals surface area contributed by atoms with Gasteiger partial charge in [0.15, 0.2) is 0 Å². The van der Waals surface area contributed by atoms with Crippen LogP contribution in [0.25, 0.3) is 11.0 Å². The first-order chi connectivity index (χ1) is 7.44. The number of benzene rings is 1. The first kappa shape index (κ1) is 9.85. The number of rotatable bonds is 1. The molecule has 0 amide bonds. The van der Waals surface area contributed by atoms with Gasteiger partial charge < -0.3 is 10.3 Å². The first-order valence-electron chi connectivity index (χ1n) is 5.64. The largest absolute Gasteiger partial charge is 0.334 e. The van der Waals surface area contributed by atoms with Gasteiger partial charge in [0.1, 0.15) is 0 Å². The van der Waals surface area contributed by atoms with Gasteiger partial charge in [-0.3, -0.25) is 0 Å². The van der Waals surface area contributed by atoms with Gasteiger partial charge in [0.05, 0.1) is 17.4 Å². The van der Waals surface area contributed by atoms with Crippen molar-refractivity contribution in [1.82, 2.24) is 9.55 Å². The summed E-state index contributed by atoms with van der Waals surface area (Å²) in [7, 11) is 2.01. The van der Waals surface area contributed by atoms with E-state index in [0.717, 1.165) is 17.5 Å². The van der Waals surface area contributed by atoms with E-state index in [1.54, 1.807) is 0 Å². The molecule has 2 aromatic rings. The number of aromatic nitrogens is 2. The van der Waals surface area contributed by atoms with E-state index in [4.69, 9.17) is 5.73 Å². The molecular weight excluding hydrogens is 198 g/mol. The van der Waals surface area contributed by atoms with Crippen LogP contribution in [0.4, 0.5) is 0 Å². The van der Waals surface area contributed by atoms with Crippen molar-refractivity contribution in [2.45, 2.75) is 25.8 Å². The molecule has 84 valence electrons. The molecule has 1 aliphatic carbocycles. The van der Waals surface area contributed by atoms with Gasteiger partial charge in [-0.1, -0.05) is 19.9 Å². The number of nitrogens with two attached hydrogens (primary N) is 1. The van der Waals surface area contributed by atoms with E-state index < -0.39 is 0 Å². The Hall–Kier alpha value is -1.35. The van der Waals surface area contributed by atoms with Crippen LogP contribution < -0.4 is 5.73 Å². The predicted molar refractivity (Wildman–Crippen MR) is 65.0 cm³/mol. The fraction of sp³-hybridized carbons (Fsp3) is 0.462. The summed E-state index contributed by atoms with van der Waals surface area (Å²) in [6, 6.07) is 6.38. The van der Waals surface area contributed by atoms with Gasteiger partial charge in [0.2, 0.25) is 0 Å². The van der Waals surface area contributed by atoms with Crippen molar-refractivity contribution < 1.29 is 0 Å². The molecule has 1 aromatic heterocycles. The van der Waals surface area contributed by atoms with Gasteiger partial charge in [-0.2, -0.15) is 0 Å². The van der Waals surface area contributed by atoms with Crippen molar-refractivity contribution in [3.05, 3.63) is 30.1 Å². The molecule has 16 heavy (non-hydrogen) atoms. The van der Waals surface area contributed by atoms with Crippen molar-refractivity contribution in [3.63, 3.8) is 0 Å². The van der Waals surface area contributed by atoms with Gasteiger partial charge in [0, 0.05) is 12.6 Å². The molecule has 3 rings (SSSR count). The Kier molecular flexibility index (Phi) is 1.64. The van der Waals surface area contributed by atoms with Gasteiger partial charge in [-0.25, -0.2) is 4.98 Å². The van der Waals surface area contributed by atoms with Gasteiger partial charge >= 0.3 is 0 Å². The van der Waals surface area contributed by atoms with Crippen LogP contribution in [0, 0.1) is 5.41 Å². The van der Waals surface area contributed by atoms with Crippen LogP contribution in [0.15, 0.2) is 24.5 Å². The lowest BCUT2D eigenvalue weighted by Gasteiger charge is -2.15. The highest BCUT2D eigenvalue weighted by molar-refractivity contribution is 5.76. The summed E-state index contributed by atoms with van der Waals surface area (Å²) in [6.45, 7) is 4.44. The highest BCUT2D eigenvalue weighted by Gasteiger charge is 2.59. The number of hydrogen-bond acceptors (Lipinski definition) is 2. The zero-order valence-electron chi connectivity index (χ0n) is 9.99. The van der Waals surface area contributed by atoms with E-state index in [1.165, 1.54) is 5.56 Å². The molecule has 2 N–H and O–H groups in total. The normalized spacial score (nSPS) is 27.2. The molecule has 1 saturated carbocycles. The minimum Gasteiger partial charge on any atom is -0.334 e. The lowest BCUT2D eigenvalue weighted by molar-refractivity contribution is 0.510. The van der Waals surface area contributed by atoms with Gasteiger partial charge in [-0.05, 0) is 29.5 Å². The monoisotopic (exact) mass is 215 g/mol. The molecule has 1 heterocycles. The standard InChI is InChI=1S/C13H17N3/c1-12(2)7-13(12,14)9-4-5-11-10(6-9)15-8-16(11)3/h4-6,8H,7,14H2,1-3H3. The molecule has 0 radical (unpaired) electrons. The van der Waals surface area contributed by atoms with Crippen LogP contribution in [0.3, 0.4) is 0 Å². The van der Waals surface area contributed by atoms with E-state index >= 15 is 0 Å². The minimum atomic E-state index is -0.154. The summed E-state index contributed by atoms with van der Waals surface area (Å²) < 4.78 is 2.03. The van der Waals surface area contributed by atoms with Crippen molar-refractivity contribution in [1.29, 1.82) is 0 Å². The lowest BCUT2D eigenvalue weighted by atomic mass is 9.97. The average Bonchev–Trinajstić information content (AvgIpc) is 2.57. The van der Waals surface area contributed by atoms with Crippen LogP contribution in [0.2, 0.25) is 0 Å². The van der Waals surface area contributed by atoms with Gasteiger partial charge in [-0.15, -0.1) is 0 Å². The Bertz CT molecular complexity index is 568. The second-order valence-electron chi connectivity index (χ2n) is 5.59. The zero-order chi connectivity index (χ0) is 11.6. The SMILES string of the molecule is Cn1cnc2cc(C3(N)CC3(C)C)ccc21. The third-order valence-electron chi connectivity index (χ3n) is 4.04. The van der Waals surface area contributed by atoms with Crippen molar-refractivity contribution in [3.8, 4) is 0 Å². The first-order valence-corrected chi connectivity index (χ1v) is 5.64. The summed E-state index contributed by atoms with van der Waals surface area (Å²) >= 11 is 0. The molecule has 1 aliphatic rings. The molecule has 1 fully saturated rings. The van der Waals surface area contributed by atoms with Crippen LogP contribution in [-0.4, -0.2) is 9.55 Å². The van der Waals surface area contributed by atoms with Crippen molar-refractivity contribution in [2.75, 3.05) is 0 Å². The van der Waals surface area contributed by atoms with Crippen LogP contribution in [-0.2, 0) is 12.6 Å². The maximum atomic E-state index is 6.41. The lowest BCUT2D eigenvalue weighted by Crippen LogP contribution is -2.25. The fourth-order valence-electron chi connectivity index (χ4n) is 2.56. The molecular formula is C13H17N3. The molecule has 0 bridgehead atoms. The predicted octanol–water partition coefficient (Wildman–Crippen LogP) is 2.16. The second kappa shape index (κ2) is 2.66. The molecule has 0 spiro atoms. The molecule has 1 aromatic carbocycles. The van der Waals surface area contributed by atoms with Crippen LogP contribution >= 0.6 is 0 Å². The molecule has 1 atom stereocenters. The van der Waals surface area contributed by atoms with E-state index in [9.17, 15) is 0 Å². The molecule has 3 nitrogen and oxygen atoms in total. The highest BCUT2D eigenvalue weighted by Crippen LogP contribution is 2.60. The summed E-state index contributed by atoms with van der Waals surface area (Å²) in [5.41, 5.74) is 9.88. The Morgan fingerprint density at radius 2 is 2.06 bits per heavy atom. The summed E-state index contributed by atoms with van der Waals surface area (Å²) in [5.74, 6) is 0. The molecule has 0 saturated heterocycles. The number of fused-ring (bicyclic) bond motifs is 1. The Balaban J connectivity index is 2.14. The third kappa shape index (κ3) is 1.09. The second-order valence-corrected chi connectivity index (χ2v) is 5.59. The Morgan fingerprint density at radius 3 is 2.69 bits per heavy atom. The maximum absolute atomic E-state index is 6.41. The van der Waals surface area contributed by atoms with E-state index in [-0.39, 0.29) is 11.0 Å². The van der Waals surface area contributed by atoms with Gasteiger partial charge in [0.25, 0.3) is 0 Å². The quantitative estimate of drug-likeness (QED) is 0.792. The number of hydrogen-bond donors (Lipinski definition) is 1. The molecule has 3 heteroatoms. The van der Waals surface area contributed by atoms with E-state index in [0.29, 0.717) is 0 Å². The summed E-state index contributed by atoms with van der Waals surface area (Å²) in [4.78, 5) is 4.38. The average molecular weight is 215 g/mol. The number of aryl methyl sites for hydroxylation is 1.